The second-order valence-corrected chi connectivity index (χ2v) is 2.35. The van der Waals surface area contributed by atoms with Crippen LogP contribution in [0.25, 0.3) is 0 Å². The first-order valence-corrected chi connectivity index (χ1v) is 3.56. The summed E-state index contributed by atoms with van der Waals surface area (Å²) in [5.74, 6) is -0.859. The van der Waals surface area contributed by atoms with Crippen LogP contribution in [0.15, 0.2) is 4.99 Å². The second-order valence-electron chi connectivity index (χ2n) is 2.35. The summed E-state index contributed by atoms with van der Waals surface area (Å²) in [6, 6.07) is 0. The minimum atomic E-state index is -0.622. The standard InChI is InChI=1S/C7H9NO4/c1-5(9)4-6(10)12-7-8-2-3-11-7/h2-4H2,1H3. The van der Waals surface area contributed by atoms with Crippen molar-refractivity contribution in [2.75, 3.05) is 13.2 Å². The molecule has 5 nitrogen and oxygen atoms in total. The van der Waals surface area contributed by atoms with E-state index in [1.54, 1.807) is 0 Å². The van der Waals surface area contributed by atoms with Gasteiger partial charge in [-0.25, -0.2) is 4.99 Å². The van der Waals surface area contributed by atoms with Crippen molar-refractivity contribution in [3.63, 3.8) is 0 Å². The Balaban J connectivity index is 2.30. The molecular weight excluding hydrogens is 162 g/mol. The van der Waals surface area contributed by atoms with Crippen LogP contribution in [-0.2, 0) is 19.1 Å². The number of esters is 1. The molecule has 1 aliphatic heterocycles. The van der Waals surface area contributed by atoms with Crippen molar-refractivity contribution in [2.24, 2.45) is 4.99 Å². The Morgan fingerprint density at radius 3 is 2.92 bits per heavy atom. The van der Waals surface area contributed by atoms with Crippen LogP contribution in [0.2, 0.25) is 0 Å². The Hall–Kier alpha value is -1.39. The Labute approximate surface area is 69.4 Å². The molecule has 0 aromatic rings. The number of ketones is 1. The molecule has 0 amide bonds. The lowest BCUT2D eigenvalue weighted by Gasteiger charge is -2.00. The van der Waals surface area contributed by atoms with Gasteiger partial charge in [0.15, 0.2) is 0 Å². The van der Waals surface area contributed by atoms with Gasteiger partial charge in [-0.3, -0.25) is 9.59 Å². The number of aliphatic imine (C=N–C) groups is 1. The van der Waals surface area contributed by atoms with Gasteiger partial charge in [0.1, 0.15) is 18.8 Å². The summed E-state index contributed by atoms with van der Waals surface area (Å²) >= 11 is 0. The molecule has 1 heterocycles. The van der Waals surface area contributed by atoms with Gasteiger partial charge in [-0.05, 0) is 6.92 Å². The van der Waals surface area contributed by atoms with Crippen LogP contribution in [-0.4, -0.2) is 31.0 Å². The monoisotopic (exact) mass is 171 g/mol. The van der Waals surface area contributed by atoms with Crippen LogP contribution in [0, 0.1) is 0 Å². The van der Waals surface area contributed by atoms with E-state index in [2.05, 4.69) is 9.73 Å². The van der Waals surface area contributed by atoms with Gasteiger partial charge in [0.25, 0.3) is 0 Å². The van der Waals surface area contributed by atoms with Crippen molar-refractivity contribution in [3.05, 3.63) is 0 Å². The summed E-state index contributed by atoms with van der Waals surface area (Å²) in [5.41, 5.74) is 0. The third-order valence-corrected chi connectivity index (χ3v) is 1.15. The predicted molar refractivity (Wildman–Crippen MR) is 39.6 cm³/mol. The molecule has 0 aromatic heterocycles. The molecule has 1 rings (SSSR count). The maximum atomic E-state index is 10.8. The maximum Gasteiger partial charge on any atom is 0.391 e. The summed E-state index contributed by atoms with van der Waals surface area (Å²) in [7, 11) is 0. The molecule has 5 heteroatoms. The SMILES string of the molecule is CC(=O)CC(=O)OC1=NCCO1. The Morgan fingerprint density at radius 1 is 1.67 bits per heavy atom. The molecule has 0 bridgehead atoms. The summed E-state index contributed by atoms with van der Waals surface area (Å²) in [6.07, 6.45) is -0.260. The van der Waals surface area contributed by atoms with E-state index in [0.29, 0.717) is 13.2 Å². The van der Waals surface area contributed by atoms with Crippen molar-refractivity contribution in [2.45, 2.75) is 13.3 Å². The van der Waals surface area contributed by atoms with E-state index in [1.807, 2.05) is 0 Å². The van der Waals surface area contributed by atoms with Gasteiger partial charge >= 0.3 is 12.1 Å². The predicted octanol–water partition coefficient (Wildman–Crippen LogP) is -0.105. The lowest BCUT2D eigenvalue weighted by atomic mass is 10.3. The van der Waals surface area contributed by atoms with Crippen LogP contribution < -0.4 is 0 Å². The molecule has 0 saturated carbocycles. The van der Waals surface area contributed by atoms with E-state index in [9.17, 15) is 9.59 Å². The number of carbonyl (C=O) groups is 2. The van der Waals surface area contributed by atoms with Gasteiger partial charge in [0.05, 0.1) is 6.54 Å². The zero-order valence-corrected chi connectivity index (χ0v) is 6.70. The highest BCUT2D eigenvalue weighted by molar-refractivity contribution is 5.97. The van der Waals surface area contributed by atoms with Gasteiger partial charge in [0, 0.05) is 0 Å². The van der Waals surface area contributed by atoms with Gasteiger partial charge in [0.2, 0.25) is 0 Å². The molecule has 0 unspecified atom stereocenters. The number of Topliss-reactive ketones (excluding diaryl/α,β-unsaturated/α-hetero) is 1. The van der Waals surface area contributed by atoms with E-state index in [1.165, 1.54) is 6.92 Å². The normalized spacial score (nSPS) is 14.9. The number of hydrogen-bond acceptors (Lipinski definition) is 5. The van der Waals surface area contributed by atoms with Gasteiger partial charge in [-0.15, -0.1) is 0 Å². The van der Waals surface area contributed by atoms with Crippen LogP contribution in [0.4, 0.5) is 0 Å². The number of hydrogen-bond donors (Lipinski definition) is 0. The van der Waals surface area contributed by atoms with Gasteiger partial charge in [-0.1, -0.05) is 0 Å². The maximum absolute atomic E-state index is 10.8. The van der Waals surface area contributed by atoms with Crippen molar-refractivity contribution < 1.29 is 19.1 Å². The molecule has 0 saturated heterocycles. The molecule has 0 radical (unpaired) electrons. The van der Waals surface area contributed by atoms with E-state index >= 15 is 0 Å². The fourth-order valence-electron chi connectivity index (χ4n) is 0.714. The van der Waals surface area contributed by atoms with Gasteiger partial charge in [-0.2, -0.15) is 0 Å². The largest absolute Gasteiger partial charge is 0.448 e. The number of nitrogens with zero attached hydrogens (tertiary/aromatic N) is 1. The molecule has 0 aliphatic carbocycles. The molecule has 1 aliphatic rings. The zero-order valence-electron chi connectivity index (χ0n) is 6.70. The smallest absolute Gasteiger partial charge is 0.391 e. The lowest BCUT2D eigenvalue weighted by Crippen LogP contribution is -2.14. The molecule has 12 heavy (non-hydrogen) atoms. The first kappa shape index (κ1) is 8.70. The lowest BCUT2D eigenvalue weighted by molar-refractivity contribution is -0.139. The van der Waals surface area contributed by atoms with Crippen LogP contribution in [0.5, 0.6) is 0 Å². The Kier molecular flexibility index (Phi) is 2.79. The number of ether oxygens (including phenoxy) is 2. The highest BCUT2D eigenvalue weighted by atomic mass is 16.7. The van der Waals surface area contributed by atoms with Gasteiger partial charge < -0.3 is 9.47 Å². The van der Waals surface area contributed by atoms with Crippen LogP contribution >= 0.6 is 0 Å². The van der Waals surface area contributed by atoms with Crippen molar-refractivity contribution in [1.29, 1.82) is 0 Å². The summed E-state index contributed by atoms with van der Waals surface area (Å²) in [6.45, 7) is 2.25. The summed E-state index contributed by atoms with van der Waals surface area (Å²) in [4.78, 5) is 25.0. The van der Waals surface area contributed by atoms with E-state index in [0.717, 1.165) is 0 Å². The molecule has 0 atom stereocenters. The van der Waals surface area contributed by atoms with Crippen LogP contribution in [0.1, 0.15) is 13.3 Å². The molecule has 0 spiro atoms. The van der Waals surface area contributed by atoms with E-state index in [4.69, 9.17) is 4.74 Å². The molecule has 0 N–H and O–H groups in total. The minimum absolute atomic E-state index is 0.0266. The molecule has 0 aromatic carbocycles. The molecular formula is C7H9NO4. The molecule has 0 fully saturated rings. The Morgan fingerprint density at radius 2 is 2.42 bits per heavy atom. The average Bonchev–Trinajstić information content (AvgIpc) is 2.37. The van der Waals surface area contributed by atoms with Crippen LogP contribution in [0.3, 0.4) is 0 Å². The first-order chi connectivity index (χ1) is 5.68. The topological polar surface area (TPSA) is 65.0 Å². The minimum Gasteiger partial charge on any atom is -0.448 e. The fourth-order valence-corrected chi connectivity index (χ4v) is 0.714. The quantitative estimate of drug-likeness (QED) is 0.429. The summed E-state index contributed by atoms with van der Waals surface area (Å²) < 4.78 is 9.39. The van der Waals surface area contributed by atoms with Crippen molar-refractivity contribution in [1.82, 2.24) is 0 Å². The van der Waals surface area contributed by atoms with Crippen molar-refractivity contribution in [3.8, 4) is 0 Å². The van der Waals surface area contributed by atoms with E-state index in [-0.39, 0.29) is 18.3 Å². The highest BCUT2D eigenvalue weighted by Gasteiger charge is 2.14. The average molecular weight is 171 g/mol. The van der Waals surface area contributed by atoms with E-state index < -0.39 is 5.97 Å². The fraction of sp³-hybridized carbons (Fsp3) is 0.571. The highest BCUT2D eigenvalue weighted by Crippen LogP contribution is 1.98. The zero-order chi connectivity index (χ0) is 8.97. The summed E-state index contributed by atoms with van der Waals surface area (Å²) in [5, 5.41) is 0. The number of rotatable bonds is 2. The third-order valence-electron chi connectivity index (χ3n) is 1.15. The first-order valence-electron chi connectivity index (χ1n) is 3.56. The van der Waals surface area contributed by atoms with Crippen molar-refractivity contribution >= 4 is 17.8 Å². The third kappa shape index (κ3) is 2.69. The second kappa shape index (κ2) is 3.85. The Bertz CT molecular complexity index is 234. The number of carbonyl (C=O) groups excluding carboxylic acids is 2. The molecule has 66 valence electrons.